The standard InChI is InChI=1S/C15H18N4O7.C9H9N5O5.C9H17NO4.C6H2ClN3O3.CH2O3.Na/c1-15(2,3)25-11(20)6-8(14(21)22)7-16-9-4-5-10(19(23)24)13-12(9)17-26-18-13;10-4(9(15)16)3-11-5-1-2-6(14(17)18)8-7(5)12-19-13-8;1-9(2,3)14-7(11)4-6(5-10)8(12)13;7-3-1-2-4(10(11)12)6-5(3)8-13-9-6;2-1-4-3;/h4-5,8,16H,6-7H2,1-3H3,(H,21,22);1-2,4,11H,3,10H2,(H,15,16);6H,4-5,10H2,1-3H3,(H,12,13);1-2H;1,3H;/q;;;;;+1/p-1/t8-;4-;6-;;;/m000.../s1. The number of carboxylic acids is 3. The van der Waals surface area contributed by atoms with Gasteiger partial charge in [-0.2, -0.15) is 0 Å². The maximum Gasteiger partial charge on any atom is 1.00 e. The molecule has 0 saturated heterocycles. The number of nitrogens with two attached hydrogens (primary N) is 2. The van der Waals surface area contributed by atoms with Crippen LogP contribution in [0, 0.1) is 42.2 Å². The van der Waals surface area contributed by atoms with Crippen LogP contribution in [0.3, 0.4) is 0 Å². The van der Waals surface area contributed by atoms with Crippen molar-refractivity contribution in [2.75, 3.05) is 30.3 Å². The Bertz CT molecular complexity index is 3010. The quantitative estimate of drug-likeness (QED) is 0.0143. The molecule has 35 nitrogen and oxygen atoms in total. The van der Waals surface area contributed by atoms with Crippen LogP contribution in [-0.4, -0.2) is 134 Å². The molecule has 77 heavy (non-hydrogen) atoms. The van der Waals surface area contributed by atoms with Crippen LogP contribution in [0.5, 0.6) is 0 Å². The fourth-order valence-electron chi connectivity index (χ4n) is 5.48. The molecule has 3 aromatic heterocycles. The molecule has 0 bridgehead atoms. The number of hydrogen-bond acceptors (Lipinski definition) is 29. The number of carbonyl (C=O) groups excluding carboxylic acids is 3. The third-order valence-corrected chi connectivity index (χ3v) is 9.09. The van der Waals surface area contributed by atoms with Crippen molar-refractivity contribution >= 4 is 109 Å². The van der Waals surface area contributed by atoms with E-state index in [1.807, 2.05) is 0 Å². The average Bonchev–Trinajstić information content (AvgIpc) is 4.13. The maximum atomic E-state index is 11.8. The number of esters is 2. The van der Waals surface area contributed by atoms with E-state index in [2.05, 4.69) is 60.3 Å². The number of hydrogen-bond donors (Lipinski definition) is 7. The van der Waals surface area contributed by atoms with Crippen molar-refractivity contribution in [1.82, 2.24) is 30.9 Å². The van der Waals surface area contributed by atoms with Crippen molar-refractivity contribution in [3.8, 4) is 0 Å². The molecular formula is C40H47ClN13NaO22. The summed E-state index contributed by atoms with van der Waals surface area (Å²) in [7, 11) is 0. The van der Waals surface area contributed by atoms with Gasteiger partial charge < -0.3 is 57.0 Å². The normalized spacial score (nSPS) is 11.8. The largest absolute Gasteiger partial charge is 1.00 e. The molecule has 0 unspecified atom stereocenters. The Labute approximate surface area is 457 Å². The second kappa shape index (κ2) is 30.9. The minimum absolute atomic E-state index is 0. The molecule has 0 spiro atoms. The number of nitrogens with one attached hydrogen (secondary N) is 2. The number of anilines is 2. The number of ether oxygens (including phenoxy) is 2. The van der Waals surface area contributed by atoms with Crippen LogP contribution in [0.25, 0.3) is 33.1 Å². The van der Waals surface area contributed by atoms with E-state index in [-0.39, 0.29) is 124 Å². The zero-order valence-corrected chi connectivity index (χ0v) is 44.2. The van der Waals surface area contributed by atoms with E-state index in [0.29, 0.717) is 11.4 Å². The Morgan fingerprint density at radius 3 is 1.31 bits per heavy atom. The molecule has 0 saturated carbocycles. The van der Waals surface area contributed by atoms with Gasteiger partial charge in [0.2, 0.25) is 16.6 Å². The van der Waals surface area contributed by atoms with Crippen molar-refractivity contribution in [3.63, 3.8) is 0 Å². The Hall–Kier alpha value is -8.35. The summed E-state index contributed by atoms with van der Waals surface area (Å²) in [5.74, 6) is -6.50. The number of nitro benzene ring substituents is 3. The molecule has 412 valence electrons. The van der Waals surface area contributed by atoms with Gasteiger partial charge in [-0.15, -0.1) is 0 Å². The number of nitrogens with zero attached hydrogens (tertiary/aromatic N) is 9. The van der Waals surface area contributed by atoms with Gasteiger partial charge in [-0.1, -0.05) is 11.6 Å². The Balaban J connectivity index is 0.000000516. The number of benzene rings is 3. The van der Waals surface area contributed by atoms with E-state index in [4.69, 9.17) is 52.8 Å². The van der Waals surface area contributed by atoms with E-state index in [9.17, 15) is 59.4 Å². The summed E-state index contributed by atoms with van der Waals surface area (Å²) >= 11 is 5.69. The number of rotatable bonds is 18. The Kier molecular flexibility index (Phi) is 26.7. The summed E-state index contributed by atoms with van der Waals surface area (Å²) in [5.41, 5.74) is 9.64. The second-order valence-electron chi connectivity index (χ2n) is 16.8. The number of nitro groups is 3. The fraction of sp³-hybridized carbons (Fsp3) is 0.400. The van der Waals surface area contributed by atoms with Crippen molar-refractivity contribution < 1.29 is 122 Å². The number of halogens is 1. The van der Waals surface area contributed by atoms with Gasteiger partial charge in [-0.05, 0) is 90.7 Å². The molecule has 6 aromatic rings. The maximum absolute atomic E-state index is 11.8. The van der Waals surface area contributed by atoms with Crippen LogP contribution < -0.4 is 56.9 Å². The van der Waals surface area contributed by atoms with Crippen molar-refractivity contribution in [2.24, 2.45) is 23.3 Å². The Morgan fingerprint density at radius 2 is 0.974 bits per heavy atom. The molecule has 0 aliphatic heterocycles. The molecule has 0 amide bonds. The van der Waals surface area contributed by atoms with Crippen molar-refractivity contribution in [3.05, 3.63) is 71.8 Å². The van der Waals surface area contributed by atoms with Crippen LogP contribution in [0.1, 0.15) is 54.4 Å². The molecule has 37 heteroatoms. The molecule has 0 fully saturated rings. The topological polar surface area (TPSA) is 536 Å². The predicted octanol–water partition coefficient (Wildman–Crippen LogP) is -0.469. The molecular weight excluding hydrogens is 1070 g/mol. The summed E-state index contributed by atoms with van der Waals surface area (Å²) < 4.78 is 23.4. The molecule has 3 heterocycles. The number of non-ortho nitro benzene ring substituents is 3. The number of carbonyl (C=O) groups is 6. The van der Waals surface area contributed by atoms with E-state index < -0.39 is 73.7 Å². The van der Waals surface area contributed by atoms with E-state index >= 15 is 0 Å². The number of aromatic nitrogens is 6. The minimum Gasteiger partial charge on any atom is -0.662 e. The molecule has 0 aliphatic carbocycles. The molecule has 3 aromatic carbocycles. The van der Waals surface area contributed by atoms with E-state index in [0.717, 1.165) is 0 Å². The number of aliphatic carboxylic acids is 3. The number of fused-ring (bicyclic) bond motifs is 3. The van der Waals surface area contributed by atoms with Crippen LogP contribution in [0.15, 0.2) is 50.3 Å². The molecule has 9 N–H and O–H groups in total. The van der Waals surface area contributed by atoms with E-state index in [1.54, 1.807) is 41.5 Å². The van der Waals surface area contributed by atoms with Crippen molar-refractivity contribution in [2.45, 2.75) is 71.6 Å². The minimum atomic E-state index is -1.18. The van der Waals surface area contributed by atoms with Gasteiger partial charge >= 0.3 is 76.5 Å². The summed E-state index contributed by atoms with van der Waals surface area (Å²) in [4.78, 5) is 97.2. The zero-order valence-electron chi connectivity index (χ0n) is 41.5. The fourth-order valence-corrected chi connectivity index (χ4v) is 5.67. The van der Waals surface area contributed by atoms with Crippen LogP contribution in [0.2, 0.25) is 5.02 Å². The monoisotopic (exact) mass is 1120 g/mol. The summed E-state index contributed by atoms with van der Waals surface area (Å²) in [6.45, 7) is 9.81. The summed E-state index contributed by atoms with van der Waals surface area (Å²) in [6, 6.07) is 6.72. The SMILES string of the molecule is CC(C)(C)OC(=O)C[C@@H](CN)C(=O)O.CC(C)(C)OC(=O)C[C@@H](CNc1ccc([N+](=O)[O-])c2nonc12)C(=O)O.N[C@@H](CNc1ccc([N+](=O)[O-])c2nonc12)C(=O)O.O=CO[O-].O=[N+]([O-])c1ccc(Cl)c2nonc12.[Na+]. The average molecular weight is 1120 g/mol. The van der Waals surface area contributed by atoms with Crippen LogP contribution in [-0.2, 0) is 43.1 Å². The van der Waals surface area contributed by atoms with Gasteiger partial charge in [0.25, 0.3) is 6.47 Å². The first-order valence-electron chi connectivity index (χ1n) is 21.1. The third-order valence-electron chi connectivity index (χ3n) is 8.78. The predicted molar refractivity (Wildman–Crippen MR) is 252 cm³/mol. The van der Waals surface area contributed by atoms with Gasteiger partial charge in [-0.25, -0.2) is 13.9 Å². The van der Waals surface area contributed by atoms with E-state index in [1.165, 1.54) is 36.4 Å². The van der Waals surface area contributed by atoms with Crippen LogP contribution >= 0.6 is 11.6 Å². The molecule has 0 radical (unpaired) electrons. The second-order valence-corrected chi connectivity index (χ2v) is 17.2. The Morgan fingerprint density at radius 1 is 0.636 bits per heavy atom. The smallest absolute Gasteiger partial charge is 0.662 e. The number of carboxylic acid groups (broad SMARTS) is 3. The van der Waals surface area contributed by atoms with Gasteiger partial charge in [0, 0.05) is 37.8 Å². The first kappa shape index (κ1) is 66.7. The first-order valence-corrected chi connectivity index (χ1v) is 21.5. The van der Waals surface area contributed by atoms with Crippen molar-refractivity contribution in [1.29, 1.82) is 0 Å². The van der Waals surface area contributed by atoms with Gasteiger partial charge in [-0.3, -0.25) is 59.1 Å². The summed E-state index contributed by atoms with van der Waals surface area (Å²) in [5, 5.41) is 94.0. The molecule has 6 rings (SSSR count). The van der Waals surface area contributed by atoms with Gasteiger partial charge in [0.1, 0.15) is 17.2 Å². The molecule has 0 aliphatic rings. The zero-order chi connectivity index (χ0) is 57.7. The summed E-state index contributed by atoms with van der Waals surface area (Å²) in [6.07, 6.45) is -0.504. The van der Waals surface area contributed by atoms with Crippen LogP contribution in [0.4, 0.5) is 28.4 Å². The first-order chi connectivity index (χ1) is 35.5. The third kappa shape index (κ3) is 21.8. The van der Waals surface area contributed by atoms with Gasteiger partial charge in [0.15, 0.2) is 16.6 Å². The van der Waals surface area contributed by atoms with Gasteiger partial charge in [0.05, 0.1) is 55.8 Å². The molecule has 3 atom stereocenters.